The van der Waals surface area contributed by atoms with Crippen molar-refractivity contribution >= 4 is 20.9 Å². The number of halogens is 3. The molecule has 0 radical (unpaired) electrons. The van der Waals surface area contributed by atoms with Crippen LogP contribution in [0, 0.1) is 17.2 Å². The Kier molecular flexibility index (Phi) is 6.43. The zero-order valence-electron chi connectivity index (χ0n) is 17.0. The Morgan fingerprint density at radius 2 is 1.84 bits per heavy atom. The van der Waals surface area contributed by atoms with Crippen LogP contribution in [0.3, 0.4) is 0 Å². The number of nitriles is 1. The molecule has 1 aromatic heterocycles. The molecule has 0 fully saturated rings. The summed E-state index contributed by atoms with van der Waals surface area (Å²) in [6, 6.07) is 12.4. The summed E-state index contributed by atoms with van der Waals surface area (Å²) in [5, 5.41) is 9.99. The van der Waals surface area contributed by atoms with Crippen molar-refractivity contribution in [3.8, 4) is 6.07 Å². The van der Waals surface area contributed by atoms with E-state index in [1.54, 1.807) is 18.3 Å². The maximum Gasteiger partial charge on any atom is 0.416 e. The van der Waals surface area contributed by atoms with E-state index in [1.165, 1.54) is 19.2 Å². The van der Waals surface area contributed by atoms with Crippen LogP contribution in [0.5, 0.6) is 0 Å². The minimum absolute atomic E-state index is 0.176. The Balaban J connectivity index is 2.11. The van der Waals surface area contributed by atoms with Gasteiger partial charge in [0.05, 0.1) is 17.4 Å². The summed E-state index contributed by atoms with van der Waals surface area (Å²) in [6.07, 6.45) is -2.47. The number of benzene rings is 2. The van der Waals surface area contributed by atoms with Crippen molar-refractivity contribution in [1.82, 2.24) is 9.71 Å². The number of para-hydroxylation sites is 1. The molecule has 0 amide bonds. The van der Waals surface area contributed by atoms with E-state index in [4.69, 9.17) is 0 Å². The van der Waals surface area contributed by atoms with Crippen LogP contribution in [-0.2, 0) is 22.0 Å². The van der Waals surface area contributed by atoms with E-state index in [0.29, 0.717) is 16.6 Å². The van der Waals surface area contributed by atoms with Gasteiger partial charge in [-0.3, -0.25) is 0 Å². The first-order chi connectivity index (χ1) is 14.6. The van der Waals surface area contributed by atoms with Gasteiger partial charge in [-0.05, 0) is 41.8 Å². The van der Waals surface area contributed by atoms with E-state index < -0.39 is 21.8 Å². The largest absolute Gasteiger partial charge is 0.416 e. The smallest absolute Gasteiger partial charge is 0.361 e. The fourth-order valence-electron chi connectivity index (χ4n) is 3.85. The number of nitrogens with one attached hydrogen (secondary N) is 2. The van der Waals surface area contributed by atoms with Crippen molar-refractivity contribution in [2.45, 2.75) is 31.2 Å². The maximum absolute atomic E-state index is 13.0. The van der Waals surface area contributed by atoms with E-state index in [9.17, 15) is 26.9 Å². The highest BCUT2D eigenvalue weighted by molar-refractivity contribution is 7.88. The molecule has 3 rings (SSSR count). The number of rotatable bonds is 7. The summed E-state index contributed by atoms with van der Waals surface area (Å²) < 4.78 is 65.3. The average molecular weight is 449 g/mol. The monoisotopic (exact) mass is 449 g/mol. The molecule has 1 heterocycles. The van der Waals surface area contributed by atoms with Crippen LogP contribution in [-0.4, -0.2) is 20.4 Å². The second-order valence-electron chi connectivity index (χ2n) is 7.48. The molecule has 2 N–H and O–H groups in total. The lowest BCUT2D eigenvalue weighted by Gasteiger charge is -2.23. The first-order valence-electron chi connectivity index (χ1n) is 9.61. The molecule has 3 aromatic rings. The van der Waals surface area contributed by atoms with Crippen LogP contribution in [0.25, 0.3) is 10.9 Å². The van der Waals surface area contributed by atoms with Crippen LogP contribution in [0.1, 0.15) is 41.5 Å². The number of hydrogen-bond acceptors (Lipinski definition) is 3. The molecule has 0 saturated carbocycles. The van der Waals surface area contributed by atoms with Gasteiger partial charge in [-0.2, -0.15) is 18.4 Å². The van der Waals surface area contributed by atoms with Gasteiger partial charge in [0.1, 0.15) is 0 Å². The Bertz CT molecular complexity index is 1210. The van der Waals surface area contributed by atoms with Crippen LogP contribution >= 0.6 is 0 Å². The molecule has 0 saturated heterocycles. The van der Waals surface area contributed by atoms with Crippen LogP contribution in [0.4, 0.5) is 13.2 Å². The summed E-state index contributed by atoms with van der Waals surface area (Å²) >= 11 is 0. The van der Waals surface area contributed by atoms with Gasteiger partial charge in [0.15, 0.2) is 0 Å². The minimum atomic E-state index is -4.43. The molecule has 164 valence electrons. The summed E-state index contributed by atoms with van der Waals surface area (Å²) in [6.45, 7) is 1.87. The van der Waals surface area contributed by atoms with E-state index in [2.05, 4.69) is 15.8 Å². The summed E-state index contributed by atoms with van der Waals surface area (Å²) in [5.74, 6) is -0.725. The molecular formula is C22H22F3N3O2S. The fourth-order valence-corrected chi connectivity index (χ4v) is 4.64. The Morgan fingerprint density at radius 1 is 1.16 bits per heavy atom. The number of H-pyrrole nitrogens is 1. The molecule has 5 nitrogen and oxygen atoms in total. The van der Waals surface area contributed by atoms with E-state index in [0.717, 1.165) is 23.1 Å². The molecule has 0 bridgehead atoms. The number of nitrogens with zero attached hydrogens (tertiary/aromatic N) is 1. The van der Waals surface area contributed by atoms with Gasteiger partial charge in [-0.25, -0.2) is 13.1 Å². The molecule has 0 spiro atoms. The van der Waals surface area contributed by atoms with Crippen molar-refractivity contribution in [3.63, 3.8) is 0 Å². The van der Waals surface area contributed by atoms with E-state index >= 15 is 0 Å². The number of aromatic amines is 1. The van der Waals surface area contributed by atoms with Gasteiger partial charge in [0, 0.05) is 29.4 Å². The van der Waals surface area contributed by atoms with Gasteiger partial charge in [0.25, 0.3) is 0 Å². The van der Waals surface area contributed by atoms with Gasteiger partial charge >= 0.3 is 6.18 Å². The Labute approximate surface area is 178 Å². The van der Waals surface area contributed by atoms with E-state index in [-0.39, 0.29) is 24.0 Å². The second kappa shape index (κ2) is 8.73. The zero-order valence-corrected chi connectivity index (χ0v) is 17.8. The fraction of sp³-hybridized carbons (Fsp3) is 0.318. The number of fused-ring (bicyclic) bond motifs is 1. The van der Waals surface area contributed by atoms with Crippen LogP contribution in [0.2, 0.25) is 0 Å². The van der Waals surface area contributed by atoms with Crippen molar-refractivity contribution in [3.05, 3.63) is 70.9 Å². The molecule has 0 aliphatic rings. The highest BCUT2D eigenvalue weighted by Crippen LogP contribution is 2.39. The summed E-state index contributed by atoms with van der Waals surface area (Å²) in [5.41, 5.74) is 1.96. The minimum Gasteiger partial charge on any atom is -0.361 e. The van der Waals surface area contributed by atoms with Gasteiger partial charge in [-0.15, -0.1) is 0 Å². The molecule has 2 unspecified atom stereocenters. The lowest BCUT2D eigenvalue weighted by atomic mass is 9.80. The molecule has 2 atom stereocenters. The topological polar surface area (TPSA) is 85.8 Å². The average Bonchev–Trinajstić information content (AvgIpc) is 3.13. The first-order valence-corrected chi connectivity index (χ1v) is 11.3. The molecular weight excluding hydrogens is 427 g/mol. The highest BCUT2D eigenvalue weighted by Gasteiger charge is 2.31. The predicted octanol–water partition coefficient (Wildman–Crippen LogP) is 4.92. The van der Waals surface area contributed by atoms with Gasteiger partial charge < -0.3 is 4.98 Å². The predicted molar refractivity (Wildman–Crippen MR) is 113 cm³/mol. The van der Waals surface area contributed by atoms with Gasteiger partial charge in [-0.1, -0.05) is 37.3 Å². The third kappa shape index (κ3) is 4.92. The number of hydrogen-bond donors (Lipinski definition) is 2. The van der Waals surface area contributed by atoms with E-state index in [1.807, 2.05) is 13.0 Å². The Morgan fingerprint density at radius 3 is 2.42 bits per heavy atom. The molecule has 0 aliphatic heterocycles. The lowest BCUT2D eigenvalue weighted by molar-refractivity contribution is -0.137. The highest BCUT2D eigenvalue weighted by atomic mass is 32.2. The van der Waals surface area contributed by atoms with Crippen molar-refractivity contribution in [1.29, 1.82) is 5.26 Å². The first kappa shape index (κ1) is 22.8. The zero-order chi connectivity index (χ0) is 22.8. The van der Waals surface area contributed by atoms with Gasteiger partial charge in [0.2, 0.25) is 10.0 Å². The van der Waals surface area contributed by atoms with Crippen molar-refractivity contribution in [2.75, 3.05) is 7.05 Å². The second-order valence-corrected chi connectivity index (χ2v) is 9.41. The van der Waals surface area contributed by atoms with Crippen molar-refractivity contribution in [2.24, 2.45) is 5.92 Å². The number of aromatic nitrogens is 1. The molecule has 9 heteroatoms. The number of alkyl halides is 3. The number of sulfonamides is 1. The van der Waals surface area contributed by atoms with Crippen LogP contribution < -0.4 is 4.72 Å². The van der Waals surface area contributed by atoms with Crippen molar-refractivity contribution < 1.29 is 21.6 Å². The molecule has 0 aliphatic carbocycles. The third-order valence-corrected chi connectivity index (χ3v) is 6.72. The quantitative estimate of drug-likeness (QED) is 0.537. The summed E-state index contributed by atoms with van der Waals surface area (Å²) in [4.78, 5) is 3.13. The van der Waals surface area contributed by atoms with Crippen LogP contribution in [0.15, 0.2) is 48.7 Å². The third-order valence-electron chi connectivity index (χ3n) is 5.40. The standard InChI is InChI=1S/C22H22F3N3O2S/c1-14(10-11-26)20(15-6-8-17(9-7-15)22(23,24)25)19-12-28-21-16(4-3-5-18(19)21)13-31(29,30)27-2/h3-9,12,14,20,27-28H,10,13H2,1-2H3. The molecule has 2 aromatic carbocycles. The maximum atomic E-state index is 13.0. The molecule has 31 heavy (non-hydrogen) atoms. The lowest BCUT2D eigenvalue weighted by Crippen LogP contribution is -2.20. The summed E-state index contributed by atoms with van der Waals surface area (Å²) in [7, 11) is -2.14. The SMILES string of the molecule is CNS(=O)(=O)Cc1cccc2c(C(c3ccc(C(F)(F)F)cc3)C(C)CC#N)c[nH]c12. The normalized spacial score (nSPS) is 14.3. The Hall–Kier alpha value is -2.83.